The van der Waals surface area contributed by atoms with Crippen molar-refractivity contribution in [1.82, 2.24) is 0 Å². The highest BCUT2D eigenvalue weighted by molar-refractivity contribution is 7.88. The molecule has 0 bridgehead atoms. The molecule has 0 aromatic heterocycles. The standard InChI is InChI=1S/C52H30O2.C32H36B2O4.C17H9F3O4S/c1-3-13-33-31(11-1)35(23-25-37(33)39-27-29-49-51-43(39)17-9-19-45(51)41-15-5-7-21-47(41)53-49)36-24-26-38(34-14-4-2-12-32(34)36)40-28-30-50-52-44(40)18-10-20-46(52)42-16-6-8-22-48(42)54-50;1-29(2)30(3,4)36-33(35-29)27-18-12-16-23-21(15-11-17-26(23)27)24-19-20-28(25-14-10-9-13-22(24)25)34-37-31(5,6)32(7,8)38-34;18-17(19,20)25(21,22)24-14-9-8-11-10-4-1-2-6-13(10)23-15-7-3-5-12(14)16(11)15/h1-30H;9-20H,1-8H3;1-9H. The lowest BCUT2D eigenvalue weighted by Gasteiger charge is -2.32. The number of hydrogen-bond acceptors (Lipinski definition) is 10. The van der Waals surface area contributed by atoms with Gasteiger partial charge in [0.15, 0.2) is 5.75 Å². The molecule has 5 aliphatic rings. The fourth-order valence-corrected chi connectivity index (χ4v) is 17.9. The SMILES string of the molecule is CC1(C)OB(c2cccc3c(-c4ccc(B5OC(C)(C)C(C)(C)O5)c5ccccc45)cccc23)OC1(C)C.O=S(=O)(Oc1ccc2c3c(cccc13)Oc1ccccc1-2)C(F)(F)F.c1ccc2c(c1)Oc1ccc(-c3ccc(-c4ccc(-c5ccc6c7c(cccc57)-c5ccccc5O6)c5ccccc45)c4ccccc34)c3cccc-2c13. The van der Waals surface area contributed by atoms with Crippen molar-refractivity contribution >= 4 is 111 Å². The van der Waals surface area contributed by atoms with Crippen molar-refractivity contribution in [3.63, 3.8) is 0 Å². The average Bonchev–Trinajstić information content (AvgIpc) is 1.66. The molecule has 17 aromatic carbocycles. The van der Waals surface area contributed by atoms with Crippen LogP contribution < -0.4 is 29.3 Å². The van der Waals surface area contributed by atoms with E-state index in [2.05, 4.69) is 302 Å². The lowest BCUT2D eigenvalue weighted by Crippen LogP contribution is -2.41. The maximum atomic E-state index is 12.6. The maximum absolute atomic E-state index is 12.6. The predicted octanol–water partition coefficient (Wildman–Crippen LogP) is 25.9. The van der Waals surface area contributed by atoms with Gasteiger partial charge in [0.05, 0.1) is 22.4 Å². The monoisotopic (exact) mass is 1560 g/mol. The Bertz CT molecular complexity index is 6840. The molecule has 0 saturated carbocycles. The fraction of sp³-hybridized carbons (Fsp3) is 0.129. The number of fused-ring (bicyclic) bond motifs is 10. The molecule has 117 heavy (non-hydrogen) atoms. The average molecular weight is 1560 g/mol. The molecule has 22 rings (SSSR count). The van der Waals surface area contributed by atoms with Gasteiger partial charge >= 0.3 is 29.9 Å². The summed E-state index contributed by atoms with van der Waals surface area (Å²) in [6.07, 6.45) is 0. The smallest absolute Gasteiger partial charge is 0.456 e. The summed E-state index contributed by atoms with van der Waals surface area (Å²) < 4.78 is 109. The molecule has 572 valence electrons. The van der Waals surface area contributed by atoms with Crippen molar-refractivity contribution in [3.8, 4) is 118 Å². The number of hydrogen-bond donors (Lipinski definition) is 0. The second kappa shape index (κ2) is 27.3. The number of alkyl halides is 3. The molecule has 5 aliphatic heterocycles. The minimum absolute atomic E-state index is 0.220. The Labute approximate surface area is 675 Å². The largest absolute Gasteiger partial charge is 0.534 e. The number of benzene rings is 17. The Morgan fingerprint density at radius 1 is 0.248 bits per heavy atom. The van der Waals surface area contributed by atoms with Crippen LogP contribution in [0, 0.1) is 0 Å². The van der Waals surface area contributed by atoms with Gasteiger partial charge in [-0.15, -0.1) is 0 Å². The topological polar surface area (TPSA) is 108 Å². The van der Waals surface area contributed by atoms with Crippen molar-refractivity contribution in [2.75, 3.05) is 0 Å². The third kappa shape index (κ3) is 12.0. The van der Waals surface area contributed by atoms with Crippen molar-refractivity contribution in [2.24, 2.45) is 0 Å². The number of halogens is 3. The molecule has 0 unspecified atom stereocenters. The van der Waals surface area contributed by atoms with Gasteiger partial charge in [-0.25, -0.2) is 0 Å². The summed E-state index contributed by atoms with van der Waals surface area (Å²) >= 11 is 0. The van der Waals surface area contributed by atoms with E-state index in [1.54, 1.807) is 30.3 Å². The van der Waals surface area contributed by atoms with Crippen LogP contribution in [-0.2, 0) is 28.7 Å². The molecule has 0 amide bonds. The first-order valence-corrected chi connectivity index (χ1v) is 40.6. The molecule has 16 heteroatoms. The zero-order valence-corrected chi connectivity index (χ0v) is 66.0. The second-order valence-corrected chi connectivity index (χ2v) is 33.9. The Hall–Kier alpha value is -12.5. The summed E-state index contributed by atoms with van der Waals surface area (Å²) in [6.45, 7) is 16.8. The quantitative estimate of drug-likeness (QED) is 0.0829. The first kappa shape index (κ1) is 73.4. The minimum atomic E-state index is -5.76. The molecule has 10 nitrogen and oxygen atoms in total. The van der Waals surface area contributed by atoms with Crippen LogP contribution in [0.2, 0.25) is 0 Å². The van der Waals surface area contributed by atoms with Crippen molar-refractivity contribution in [2.45, 2.75) is 83.3 Å². The molecular formula is C101H75B2F3O10S. The van der Waals surface area contributed by atoms with Gasteiger partial charge in [0.1, 0.15) is 34.5 Å². The number of ether oxygens (including phenoxy) is 3. The maximum Gasteiger partial charge on any atom is 0.534 e. The summed E-state index contributed by atoms with van der Waals surface area (Å²) in [5.74, 6) is 4.25. The lowest BCUT2D eigenvalue weighted by molar-refractivity contribution is -0.0499. The lowest BCUT2D eigenvalue weighted by atomic mass is 9.74. The molecule has 2 fully saturated rings. The zero-order chi connectivity index (χ0) is 80.2. The molecule has 5 heterocycles. The van der Waals surface area contributed by atoms with Crippen LogP contribution in [0.5, 0.6) is 40.2 Å². The summed E-state index contributed by atoms with van der Waals surface area (Å²) in [4.78, 5) is 0. The van der Waals surface area contributed by atoms with Crippen LogP contribution >= 0.6 is 0 Å². The normalized spacial score (nSPS) is 15.5. The van der Waals surface area contributed by atoms with Crippen LogP contribution in [0.25, 0.3) is 153 Å². The van der Waals surface area contributed by atoms with Crippen molar-refractivity contribution < 1.29 is 58.6 Å². The number of para-hydroxylation sites is 3. The third-order valence-electron chi connectivity index (χ3n) is 24.6. The van der Waals surface area contributed by atoms with Gasteiger partial charge in [0, 0.05) is 38.2 Å². The van der Waals surface area contributed by atoms with E-state index in [0.29, 0.717) is 16.9 Å². The Kier molecular flexibility index (Phi) is 17.1. The van der Waals surface area contributed by atoms with E-state index >= 15 is 0 Å². The van der Waals surface area contributed by atoms with Gasteiger partial charge < -0.3 is 37.0 Å². The fourth-order valence-electron chi connectivity index (χ4n) is 17.4. The molecular weight excluding hydrogens is 1480 g/mol. The van der Waals surface area contributed by atoms with Gasteiger partial charge in [-0.2, -0.15) is 21.6 Å². The molecule has 0 radical (unpaired) electrons. The Morgan fingerprint density at radius 2 is 0.496 bits per heavy atom. The number of rotatable bonds is 8. The molecule has 0 N–H and O–H groups in total. The van der Waals surface area contributed by atoms with Gasteiger partial charge in [-0.05, 0) is 230 Å². The van der Waals surface area contributed by atoms with E-state index in [1.165, 1.54) is 117 Å². The van der Waals surface area contributed by atoms with Crippen LogP contribution in [0.15, 0.2) is 309 Å². The highest BCUT2D eigenvalue weighted by Gasteiger charge is 2.54. The summed E-state index contributed by atoms with van der Waals surface area (Å²) in [7, 11) is -6.59. The molecule has 0 spiro atoms. The van der Waals surface area contributed by atoms with Gasteiger partial charge in [-0.1, -0.05) is 261 Å². The van der Waals surface area contributed by atoms with Gasteiger partial charge in [-0.3, -0.25) is 0 Å². The van der Waals surface area contributed by atoms with Gasteiger partial charge in [0.2, 0.25) is 0 Å². The van der Waals surface area contributed by atoms with Crippen LogP contribution in [0.1, 0.15) is 55.4 Å². The molecule has 2 saturated heterocycles. The minimum Gasteiger partial charge on any atom is -0.456 e. The summed E-state index contributed by atoms with van der Waals surface area (Å²) in [5, 5.41) is 15.0. The van der Waals surface area contributed by atoms with Crippen LogP contribution in [0.4, 0.5) is 13.2 Å². The van der Waals surface area contributed by atoms with Crippen LogP contribution in [-0.4, -0.2) is 50.6 Å². The van der Waals surface area contributed by atoms with Crippen molar-refractivity contribution in [1.29, 1.82) is 0 Å². The van der Waals surface area contributed by atoms with E-state index in [4.69, 9.17) is 32.8 Å². The van der Waals surface area contributed by atoms with Crippen LogP contribution in [0.3, 0.4) is 0 Å². The molecule has 0 atom stereocenters. The van der Waals surface area contributed by atoms with E-state index < -0.39 is 58.0 Å². The molecule has 0 aliphatic carbocycles. The third-order valence-corrected chi connectivity index (χ3v) is 25.5. The summed E-state index contributed by atoms with van der Waals surface area (Å²) in [6, 6.07) is 106. The summed E-state index contributed by atoms with van der Waals surface area (Å²) in [5.41, 5.74) is 10.9. The first-order valence-electron chi connectivity index (χ1n) is 39.2. The van der Waals surface area contributed by atoms with E-state index in [-0.39, 0.29) is 5.39 Å². The van der Waals surface area contributed by atoms with Crippen molar-refractivity contribution in [3.05, 3.63) is 309 Å². The first-order chi connectivity index (χ1) is 56.4. The van der Waals surface area contributed by atoms with Gasteiger partial charge in [0.25, 0.3) is 0 Å². The highest BCUT2D eigenvalue weighted by Crippen LogP contribution is 2.54. The predicted molar refractivity (Wildman–Crippen MR) is 467 cm³/mol. The Balaban J connectivity index is 0.000000122. The second-order valence-electron chi connectivity index (χ2n) is 32.3. The van der Waals surface area contributed by atoms with E-state index in [9.17, 15) is 21.6 Å². The van der Waals surface area contributed by atoms with E-state index in [1.807, 2.05) is 18.2 Å². The highest BCUT2D eigenvalue weighted by atomic mass is 32.2. The molecule has 17 aromatic rings. The van der Waals surface area contributed by atoms with E-state index in [0.717, 1.165) is 77.7 Å². The Morgan fingerprint density at radius 3 is 0.923 bits per heavy atom. The zero-order valence-electron chi connectivity index (χ0n) is 65.2.